The van der Waals surface area contributed by atoms with E-state index in [0.717, 1.165) is 31.7 Å². The number of nitrogens with one attached hydrogen (secondary N) is 1. The largest absolute Gasteiger partial charge is 0.465 e. The Labute approximate surface area is 124 Å². The van der Waals surface area contributed by atoms with E-state index in [-0.39, 0.29) is 5.97 Å². The van der Waals surface area contributed by atoms with Crippen LogP contribution in [-0.4, -0.2) is 49.7 Å². The molecule has 0 spiro atoms. The molecule has 20 heavy (non-hydrogen) atoms. The molecule has 1 aliphatic rings. The van der Waals surface area contributed by atoms with Crippen molar-refractivity contribution < 1.29 is 9.53 Å². The zero-order valence-corrected chi connectivity index (χ0v) is 13.9. The second-order valence-electron chi connectivity index (χ2n) is 6.32. The van der Waals surface area contributed by atoms with Gasteiger partial charge in [0.05, 0.1) is 6.61 Å². The number of ether oxygens (including phenoxy) is 1. The first-order chi connectivity index (χ1) is 9.44. The Balaban J connectivity index is 2.25. The Kier molecular flexibility index (Phi) is 6.96. The van der Waals surface area contributed by atoms with Crippen LogP contribution in [-0.2, 0) is 9.53 Å². The fourth-order valence-corrected chi connectivity index (χ4v) is 2.60. The summed E-state index contributed by atoms with van der Waals surface area (Å²) in [6, 6.07) is 0.704. The number of esters is 1. The van der Waals surface area contributed by atoms with Crippen molar-refractivity contribution in [1.29, 1.82) is 0 Å². The Morgan fingerprint density at radius 2 is 2.10 bits per heavy atom. The zero-order chi connectivity index (χ0) is 15.2. The summed E-state index contributed by atoms with van der Waals surface area (Å²) in [5.74, 6) is 0.782. The molecule has 0 heterocycles. The van der Waals surface area contributed by atoms with E-state index in [0.29, 0.717) is 12.6 Å². The van der Waals surface area contributed by atoms with Gasteiger partial charge >= 0.3 is 5.97 Å². The Morgan fingerprint density at radius 3 is 2.60 bits per heavy atom. The van der Waals surface area contributed by atoms with Crippen LogP contribution in [0.4, 0.5) is 0 Å². The van der Waals surface area contributed by atoms with Gasteiger partial charge in [0.2, 0.25) is 0 Å². The molecule has 4 heteroatoms. The maximum atomic E-state index is 11.9. The third-order valence-electron chi connectivity index (χ3n) is 4.71. The summed E-state index contributed by atoms with van der Waals surface area (Å²) in [4.78, 5) is 14.4. The van der Waals surface area contributed by atoms with E-state index < -0.39 is 5.54 Å². The molecular weight excluding hydrogens is 252 g/mol. The Hall–Kier alpha value is -0.610. The minimum atomic E-state index is -0.545. The first-order valence-electron chi connectivity index (χ1n) is 8.01. The van der Waals surface area contributed by atoms with Gasteiger partial charge in [-0.2, -0.15) is 0 Å². The van der Waals surface area contributed by atoms with Gasteiger partial charge in [0.25, 0.3) is 0 Å². The lowest BCUT2D eigenvalue weighted by molar-refractivity contribution is -0.150. The molecule has 1 saturated carbocycles. The molecule has 0 bridgehead atoms. The monoisotopic (exact) mass is 284 g/mol. The summed E-state index contributed by atoms with van der Waals surface area (Å²) in [5.41, 5.74) is -0.545. The number of nitrogens with zero attached hydrogens (tertiary/aromatic N) is 1. The lowest BCUT2D eigenvalue weighted by atomic mass is 9.95. The number of hydrogen-bond donors (Lipinski definition) is 1. The molecule has 0 aliphatic heterocycles. The Morgan fingerprint density at radius 1 is 1.45 bits per heavy atom. The van der Waals surface area contributed by atoms with Gasteiger partial charge < -0.3 is 15.0 Å². The highest BCUT2D eigenvalue weighted by Crippen LogP contribution is 2.34. The number of carbonyl (C=O) groups is 1. The van der Waals surface area contributed by atoms with E-state index in [1.54, 1.807) is 0 Å². The summed E-state index contributed by atoms with van der Waals surface area (Å²) in [6.45, 7) is 7.66. The Bertz CT molecular complexity index is 305. The van der Waals surface area contributed by atoms with Crippen molar-refractivity contribution in [1.82, 2.24) is 10.2 Å². The number of likely N-dealkylation sites (N-methyl/N-ethyl adjacent to an activating group) is 1. The molecule has 2 atom stereocenters. The lowest BCUT2D eigenvalue weighted by Crippen LogP contribution is -2.48. The maximum Gasteiger partial charge on any atom is 0.326 e. The molecule has 118 valence electrons. The highest BCUT2D eigenvalue weighted by Gasteiger charge is 2.33. The van der Waals surface area contributed by atoms with Crippen LogP contribution < -0.4 is 5.32 Å². The lowest BCUT2D eigenvalue weighted by Gasteiger charge is -2.28. The van der Waals surface area contributed by atoms with E-state index in [4.69, 9.17) is 4.74 Å². The second-order valence-corrected chi connectivity index (χ2v) is 6.32. The average Bonchev–Trinajstić information content (AvgIpc) is 3.26. The molecule has 0 radical (unpaired) electrons. The van der Waals surface area contributed by atoms with Gasteiger partial charge in [-0.05, 0) is 79.4 Å². The quantitative estimate of drug-likeness (QED) is 0.494. The predicted octanol–water partition coefficient (Wildman–Crippen LogP) is 2.43. The molecule has 0 aromatic rings. The van der Waals surface area contributed by atoms with Crippen molar-refractivity contribution in [3.63, 3.8) is 0 Å². The summed E-state index contributed by atoms with van der Waals surface area (Å²) < 4.78 is 5.14. The van der Waals surface area contributed by atoms with Gasteiger partial charge in [0, 0.05) is 6.04 Å². The van der Waals surface area contributed by atoms with Gasteiger partial charge in [0.1, 0.15) is 5.54 Å². The van der Waals surface area contributed by atoms with E-state index >= 15 is 0 Å². The minimum Gasteiger partial charge on any atom is -0.465 e. The average molecular weight is 284 g/mol. The SMILES string of the molecule is CCOC(=O)C(C)(CCCCN(C)C(C)C1CC1)NC. The molecule has 0 amide bonds. The van der Waals surface area contributed by atoms with Crippen LogP contribution in [0, 0.1) is 5.92 Å². The second kappa shape index (κ2) is 7.99. The van der Waals surface area contributed by atoms with Crippen LogP contribution in [0.3, 0.4) is 0 Å². The fourth-order valence-electron chi connectivity index (χ4n) is 2.60. The van der Waals surface area contributed by atoms with E-state index in [1.807, 2.05) is 20.9 Å². The van der Waals surface area contributed by atoms with Gasteiger partial charge in [0.15, 0.2) is 0 Å². The van der Waals surface area contributed by atoms with Crippen molar-refractivity contribution in [2.24, 2.45) is 5.92 Å². The molecule has 1 N–H and O–H groups in total. The van der Waals surface area contributed by atoms with Crippen LogP contribution in [0.2, 0.25) is 0 Å². The minimum absolute atomic E-state index is 0.137. The van der Waals surface area contributed by atoms with Crippen LogP contribution in [0.15, 0.2) is 0 Å². The van der Waals surface area contributed by atoms with Gasteiger partial charge in [-0.25, -0.2) is 0 Å². The van der Waals surface area contributed by atoms with Crippen LogP contribution >= 0.6 is 0 Å². The first-order valence-corrected chi connectivity index (χ1v) is 8.01. The van der Waals surface area contributed by atoms with E-state index in [2.05, 4.69) is 24.2 Å². The fraction of sp³-hybridized carbons (Fsp3) is 0.938. The van der Waals surface area contributed by atoms with Crippen molar-refractivity contribution >= 4 is 5.97 Å². The molecule has 1 rings (SSSR count). The molecule has 0 aromatic carbocycles. The highest BCUT2D eigenvalue weighted by atomic mass is 16.5. The number of carbonyl (C=O) groups excluding carboxylic acids is 1. The molecule has 0 aromatic heterocycles. The van der Waals surface area contributed by atoms with Gasteiger partial charge in [-0.15, -0.1) is 0 Å². The summed E-state index contributed by atoms with van der Waals surface area (Å²) >= 11 is 0. The molecule has 0 saturated heterocycles. The molecule has 4 nitrogen and oxygen atoms in total. The normalized spacial score (nSPS) is 19.7. The summed E-state index contributed by atoms with van der Waals surface area (Å²) in [6.07, 6.45) is 5.79. The van der Waals surface area contributed by atoms with Crippen LogP contribution in [0.25, 0.3) is 0 Å². The van der Waals surface area contributed by atoms with Crippen LogP contribution in [0.1, 0.15) is 52.9 Å². The molecule has 1 aliphatic carbocycles. The van der Waals surface area contributed by atoms with Crippen molar-refractivity contribution in [3.8, 4) is 0 Å². The number of hydrogen-bond acceptors (Lipinski definition) is 4. The van der Waals surface area contributed by atoms with Gasteiger partial charge in [-0.3, -0.25) is 4.79 Å². The molecule has 1 fully saturated rings. The zero-order valence-electron chi connectivity index (χ0n) is 13.9. The maximum absolute atomic E-state index is 11.9. The predicted molar refractivity (Wildman–Crippen MR) is 82.8 cm³/mol. The van der Waals surface area contributed by atoms with Crippen molar-refractivity contribution in [3.05, 3.63) is 0 Å². The van der Waals surface area contributed by atoms with E-state index in [1.165, 1.54) is 12.8 Å². The number of unbranched alkanes of at least 4 members (excludes halogenated alkanes) is 1. The van der Waals surface area contributed by atoms with E-state index in [9.17, 15) is 4.79 Å². The first kappa shape index (κ1) is 17.4. The highest BCUT2D eigenvalue weighted by molar-refractivity contribution is 5.80. The van der Waals surface area contributed by atoms with Gasteiger partial charge in [-0.1, -0.05) is 0 Å². The molecular formula is C16H32N2O2. The van der Waals surface area contributed by atoms with Crippen molar-refractivity contribution in [2.45, 2.75) is 64.5 Å². The topological polar surface area (TPSA) is 41.6 Å². The number of rotatable bonds is 10. The summed E-state index contributed by atoms with van der Waals surface area (Å²) in [5, 5.41) is 3.11. The van der Waals surface area contributed by atoms with Crippen LogP contribution in [0.5, 0.6) is 0 Å². The third kappa shape index (κ3) is 5.06. The standard InChI is InChI=1S/C16H32N2O2/c1-6-20-15(19)16(3,17-4)11-7-8-12-18(5)13(2)14-9-10-14/h13-14,17H,6-12H2,1-5H3. The third-order valence-corrected chi connectivity index (χ3v) is 4.71. The molecule has 2 unspecified atom stereocenters. The van der Waals surface area contributed by atoms with Crippen molar-refractivity contribution in [2.75, 3.05) is 27.2 Å². The smallest absolute Gasteiger partial charge is 0.326 e. The summed E-state index contributed by atoms with van der Waals surface area (Å²) in [7, 11) is 4.05.